The van der Waals surface area contributed by atoms with Crippen LogP contribution in [0.5, 0.6) is 5.75 Å². The maximum Gasteiger partial charge on any atom is 0.337 e. The predicted molar refractivity (Wildman–Crippen MR) is 82.2 cm³/mol. The van der Waals surface area contributed by atoms with Gasteiger partial charge in [0.1, 0.15) is 17.5 Å². The normalized spacial score (nSPS) is 25.7. The van der Waals surface area contributed by atoms with Crippen molar-refractivity contribution in [1.82, 2.24) is 4.90 Å². The van der Waals surface area contributed by atoms with E-state index in [0.717, 1.165) is 6.42 Å². The minimum Gasteiger partial charge on any atom is -0.485 e. The molecule has 3 rings (SSSR count). The quantitative estimate of drug-likeness (QED) is 0.839. The molecule has 2 aliphatic rings. The predicted octanol–water partition coefficient (Wildman–Crippen LogP) is 1.67. The molecule has 2 atom stereocenters. The highest BCUT2D eigenvalue weighted by molar-refractivity contribution is 5.90. The molecule has 124 valence electrons. The Kier molecular flexibility index (Phi) is 3.80. The number of fused-ring (bicyclic) bond motifs is 1. The molecule has 2 heterocycles. The van der Waals surface area contributed by atoms with Gasteiger partial charge in [0.25, 0.3) is 0 Å². The second-order valence-corrected chi connectivity index (χ2v) is 6.53. The van der Waals surface area contributed by atoms with Crippen LogP contribution in [-0.4, -0.2) is 47.2 Å². The minimum atomic E-state index is -0.884. The molecule has 0 saturated carbocycles. The average molecular weight is 319 g/mol. The number of methoxy groups -OCH3 is 1. The van der Waals surface area contributed by atoms with Gasteiger partial charge in [-0.25, -0.2) is 4.79 Å². The Labute approximate surface area is 135 Å². The topological polar surface area (TPSA) is 76.1 Å². The van der Waals surface area contributed by atoms with E-state index in [0.29, 0.717) is 29.8 Å². The van der Waals surface area contributed by atoms with Crippen LogP contribution in [0.1, 0.15) is 48.7 Å². The standard InChI is InChI=1S/C17H21NO5/c1-17(2)15(20)14(18-8-4-5-13(18)19)11-9-10(16(21)22-3)6-7-12(11)23-17/h6-7,9,14-15,20H,4-5,8H2,1-3H3/t14-,15+/m0/s1. The van der Waals surface area contributed by atoms with E-state index < -0.39 is 23.7 Å². The van der Waals surface area contributed by atoms with Crippen molar-refractivity contribution in [2.45, 2.75) is 44.4 Å². The first-order chi connectivity index (χ1) is 10.8. The Morgan fingerprint density at radius 2 is 2.17 bits per heavy atom. The summed E-state index contributed by atoms with van der Waals surface area (Å²) in [6, 6.07) is 4.45. The summed E-state index contributed by atoms with van der Waals surface area (Å²) >= 11 is 0. The maximum absolute atomic E-state index is 12.2. The number of rotatable bonds is 2. The van der Waals surface area contributed by atoms with Gasteiger partial charge in [-0.1, -0.05) is 0 Å². The molecule has 1 N–H and O–H groups in total. The first-order valence-corrected chi connectivity index (χ1v) is 7.74. The molecule has 1 saturated heterocycles. The highest BCUT2D eigenvalue weighted by Gasteiger charge is 2.47. The molecule has 1 amide bonds. The van der Waals surface area contributed by atoms with E-state index in [2.05, 4.69) is 0 Å². The molecule has 23 heavy (non-hydrogen) atoms. The number of benzene rings is 1. The van der Waals surface area contributed by atoms with Crippen LogP contribution in [0.3, 0.4) is 0 Å². The first kappa shape index (κ1) is 15.8. The smallest absolute Gasteiger partial charge is 0.337 e. The number of ether oxygens (including phenoxy) is 2. The zero-order valence-electron chi connectivity index (χ0n) is 13.5. The van der Waals surface area contributed by atoms with E-state index in [-0.39, 0.29) is 5.91 Å². The van der Waals surface area contributed by atoms with Crippen LogP contribution >= 0.6 is 0 Å². The number of aliphatic hydroxyl groups excluding tert-OH is 1. The molecule has 6 nitrogen and oxygen atoms in total. The summed E-state index contributed by atoms with van der Waals surface area (Å²) in [5, 5.41) is 10.8. The molecule has 1 aromatic carbocycles. The van der Waals surface area contributed by atoms with Crippen molar-refractivity contribution >= 4 is 11.9 Å². The van der Waals surface area contributed by atoms with Gasteiger partial charge in [-0.05, 0) is 38.5 Å². The Hall–Kier alpha value is -2.08. The zero-order chi connectivity index (χ0) is 16.8. The maximum atomic E-state index is 12.2. The van der Waals surface area contributed by atoms with Gasteiger partial charge in [0.2, 0.25) is 5.91 Å². The molecule has 0 bridgehead atoms. The van der Waals surface area contributed by atoms with Crippen molar-refractivity contribution in [1.29, 1.82) is 0 Å². The molecule has 0 unspecified atom stereocenters. The summed E-state index contributed by atoms with van der Waals surface area (Å²) in [4.78, 5) is 25.7. The summed E-state index contributed by atoms with van der Waals surface area (Å²) in [6.07, 6.45) is 0.372. The number of aliphatic hydroxyl groups is 1. The molecule has 1 aromatic rings. The lowest BCUT2D eigenvalue weighted by molar-refractivity contribution is -0.139. The zero-order valence-corrected chi connectivity index (χ0v) is 13.5. The SMILES string of the molecule is COC(=O)c1ccc2c(c1)[C@H](N1CCCC1=O)[C@@H](O)C(C)(C)O2. The Balaban J connectivity index is 2.10. The summed E-state index contributed by atoms with van der Waals surface area (Å²) in [6.45, 7) is 4.18. The van der Waals surface area contributed by atoms with Gasteiger partial charge in [-0.15, -0.1) is 0 Å². The number of nitrogens with zero attached hydrogens (tertiary/aromatic N) is 1. The number of esters is 1. The van der Waals surface area contributed by atoms with Crippen LogP contribution in [0, 0.1) is 0 Å². The Morgan fingerprint density at radius 3 is 2.78 bits per heavy atom. The van der Waals surface area contributed by atoms with Crippen molar-refractivity contribution in [2.24, 2.45) is 0 Å². The summed E-state index contributed by atoms with van der Waals surface area (Å²) in [7, 11) is 1.32. The number of likely N-dealkylation sites (tertiary alicyclic amines) is 1. The number of hydrogen-bond acceptors (Lipinski definition) is 5. The van der Waals surface area contributed by atoms with Gasteiger partial charge in [-0.2, -0.15) is 0 Å². The van der Waals surface area contributed by atoms with Crippen molar-refractivity contribution in [3.8, 4) is 5.75 Å². The lowest BCUT2D eigenvalue weighted by Crippen LogP contribution is -2.53. The van der Waals surface area contributed by atoms with Crippen molar-refractivity contribution in [2.75, 3.05) is 13.7 Å². The van der Waals surface area contributed by atoms with Gasteiger partial charge < -0.3 is 19.5 Å². The summed E-state index contributed by atoms with van der Waals surface area (Å²) in [5.41, 5.74) is 0.196. The number of amides is 1. The number of hydrogen-bond donors (Lipinski definition) is 1. The van der Waals surface area contributed by atoms with Crippen LogP contribution in [0.4, 0.5) is 0 Å². The van der Waals surface area contributed by atoms with Gasteiger partial charge in [0.05, 0.1) is 18.7 Å². The van der Waals surface area contributed by atoms with Crippen LogP contribution in [0.25, 0.3) is 0 Å². The third kappa shape index (κ3) is 2.57. The van der Waals surface area contributed by atoms with Crippen molar-refractivity contribution in [3.05, 3.63) is 29.3 Å². The molecule has 6 heteroatoms. The van der Waals surface area contributed by atoms with Gasteiger partial charge in [-0.3, -0.25) is 4.79 Å². The second-order valence-electron chi connectivity index (χ2n) is 6.53. The fraction of sp³-hybridized carbons (Fsp3) is 0.529. The van der Waals surface area contributed by atoms with E-state index in [4.69, 9.17) is 9.47 Å². The van der Waals surface area contributed by atoms with Gasteiger partial charge in [0.15, 0.2) is 0 Å². The molecule has 0 spiro atoms. The number of carbonyl (C=O) groups is 2. The third-order valence-electron chi connectivity index (χ3n) is 4.58. The van der Waals surface area contributed by atoms with Crippen molar-refractivity contribution in [3.63, 3.8) is 0 Å². The van der Waals surface area contributed by atoms with E-state index in [9.17, 15) is 14.7 Å². The number of carbonyl (C=O) groups excluding carboxylic acids is 2. The van der Waals surface area contributed by atoms with Crippen LogP contribution < -0.4 is 4.74 Å². The van der Waals surface area contributed by atoms with Gasteiger partial charge >= 0.3 is 5.97 Å². The van der Waals surface area contributed by atoms with Crippen molar-refractivity contribution < 1.29 is 24.2 Å². The molecule has 0 aliphatic carbocycles. The van der Waals surface area contributed by atoms with E-state index >= 15 is 0 Å². The Bertz CT molecular complexity index is 654. The van der Waals surface area contributed by atoms with E-state index in [1.54, 1.807) is 36.9 Å². The Morgan fingerprint density at radius 1 is 1.43 bits per heavy atom. The highest BCUT2D eigenvalue weighted by Crippen LogP contribution is 2.44. The molecule has 0 aromatic heterocycles. The lowest BCUT2D eigenvalue weighted by Gasteiger charge is -2.45. The fourth-order valence-corrected chi connectivity index (χ4v) is 3.31. The summed E-state index contributed by atoms with van der Waals surface area (Å²) < 4.78 is 10.6. The second kappa shape index (κ2) is 5.53. The average Bonchev–Trinajstić information content (AvgIpc) is 2.93. The van der Waals surface area contributed by atoms with Gasteiger partial charge in [0, 0.05) is 18.5 Å². The monoisotopic (exact) mass is 319 g/mol. The van der Waals surface area contributed by atoms with Crippen LogP contribution in [0.2, 0.25) is 0 Å². The molecule has 1 fully saturated rings. The molecule has 2 aliphatic heterocycles. The largest absolute Gasteiger partial charge is 0.485 e. The minimum absolute atomic E-state index is 0.0150. The first-order valence-electron chi connectivity index (χ1n) is 7.74. The highest BCUT2D eigenvalue weighted by atomic mass is 16.5. The van der Waals surface area contributed by atoms with Crippen LogP contribution in [0.15, 0.2) is 18.2 Å². The molecule has 0 radical (unpaired) electrons. The van der Waals surface area contributed by atoms with Crippen LogP contribution in [-0.2, 0) is 9.53 Å². The van der Waals surface area contributed by atoms with E-state index in [1.165, 1.54) is 7.11 Å². The third-order valence-corrected chi connectivity index (χ3v) is 4.58. The fourth-order valence-electron chi connectivity index (χ4n) is 3.31. The summed E-state index contributed by atoms with van der Waals surface area (Å²) in [5.74, 6) is 0.137. The molecular formula is C17H21NO5. The lowest BCUT2D eigenvalue weighted by atomic mass is 9.85. The molecular weight excluding hydrogens is 298 g/mol. The van der Waals surface area contributed by atoms with E-state index in [1.807, 2.05) is 0 Å².